The van der Waals surface area contributed by atoms with Gasteiger partial charge in [-0.1, -0.05) is 30.3 Å². The summed E-state index contributed by atoms with van der Waals surface area (Å²) in [5, 5.41) is 0. The summed E-state index contributed by atoms with van der Waals surface area (Å²) in [4.78, 5) is 14.8. The van der Waals surface area contributed by atoms with Gasteiger partial charge in [-0.25, -0.2) is 21.9 Å². The summed E-state index contributed by atoms with van der Waals surface area (Å²) in [5.41, 5.74) is 1.11. The van der Waals surface area contributed by atoms with Gasteiger partial charge in [0.25, 0.3) is 0 Å². The zero-order valence-electron chi connectivity index (χ0n) is 16.4. The van der Waals surface area contributed by atoms with Crippen LogP contribution in [0.5, 0.6) is 0 Å². The lowest BCUT2D eigenvalue weighted by atomic mass is 9.95. The quantitative estimate of drug-likeness (QED) is 0.790. The van der Waals surface area contributed by atoms with Gasteiger partial charge < -0.3 is 4.90 Å². The summed E-state index contributed by atoms with van der Waals surface area (Å²) < 4.78 is 54.4. The van der Waals surface area contributed by atoms with Crippen molar-refractivity contribution in [3.63, 3.8) is 0 Å². The number of rotatable bonds is 5. The third kappa shape index (κ3) is 3.41. The summed E-state index contributed by atoms with van der Waals surface area (Å²) in [6.45, 7) is 1.09. The number of piperidine rings is 1. The molecule has 3 aliphatic rings. The summed E-state index contributed by atoms with van der Waals surface area (Å²) in [5.74, 6) is -0.993. The fourth-order valence-corrected chi connectivity index (χ4v) is 5.82. The van der Waals surface area contributed by atoms with Gasteiger partial charge >= 0.3 is 0 Å². The van der Waals surface area contributed by atoms with Crippen molar-refractivity contribution in [2.24, 2.45) is 17.8 Å². The first-order valence-electron chi connectivity index (χ1n) is 10.0. The molecule has 0 aromatic heterocycles. The summed E-state index contributed by atoms with van der Waals surface area (Å²) in [6.07, 6.45) is 1.76. The molecule has 30 heavy (non-hydrogen) atoms. The number of hydrogen-bond acceptors (Lipinski definition) is 3. The Bertz CT molecular complexity index is 1120. The zero-order valence-corrected chi connectivity index (χ0v) is 17.2. The molecular formula is C22H22F2N2O3S. The third-order valence-corrected chi connectivity index (χ3v) is 7.25. The molecule has 8 heteroatoms. The monoisotopic (exact) mass is 432 g/mol. The van der Waals surface area contributed by atoms with Gasteiger partial charge in [-0.15, -0.1) is 0 Å². The first kappa shape index (κ1) is 19.6. The van der Waals surface area contributed by atoms with E-state index in [-0.39, 0.29) is 46.7 Å². The van der Waals surface area contributed by atoms with E-state index in [4.69, 9.17) is 0 Å². The van der Waals surface area contributed by atoms with Gasteiger partial charge in [0.15, 0.2) is 0 Å². The predicted octanol–water partition coefficient (Wildman–Crippen LogP) is 2.74. The Labute approximate surface area is 174 Å². The second kappa shape index (κ2) is 6.85. The molecule has 1 amide bonds. The number of amides is 1. The van der Waals surface area contributed by atoms with E-state index in [1.54, 1.807) is 35.2 Å². The Morgan fingerprint density at radius 1 is 1.03 bits per heavy atom. The Morgan fingerprint density at radius 2 is 1.70 bits per heavy atom. The Balaban J connectivity index is 1.30. The Kier molecular flexibility index (Phi) is 4.48. The number of nitrogens with zero attached hydrogens (tertiary/aromatic N) is 1. The van der Waals surface area contributed by atoms with Crippen molar-refractivity contribution in [1.29, 1.82) is 0 Å². The van der Waals surface area contributed by atoms with Crippen molar-refractivity contribution in [2.45, 2.75) is 18.4 Å². The SMILES string of the molecule is CS(=O)(=O)NC1[C@H]2CN(C(=O)[C@@H]3C[C@H]3c3cccc(F)c3-c3ccccc3F)C[C@@H]12. The number of sulfonamides is 1. The lowest BCUT2D eigenvalue weighted by Crippen LogP contribution is -2.38. The molecule has 158 valence electrons. The van der Waals surface area contributed by atoms with Crippen molar-refractivity contribution in [1.82, 2.24) is 9.62 Å². The number of halogens is 2. The van der Waals surface area contributed by atoms with Gasteiger partial charge in [-0.3, -0.25) is 4.79 Å². The molecule has 5 rings (SSSR count). The number of nitrogens with one attached hydrogen (secondary N) is 1. The minimum atomic E-state index is -3.25. The predicted molar refractivity (Wildman–Crippen MR) is 108 cm³/mol. The van der Waals surface area contributed by atoms with Crippen LogP contribution in [0, 0.1) is 29.4 Å². The molecular weight excluding hydrogens is 410 g/mol. The molecule has 1 unspecified atom stereocenters. The van der Waals surface area contributed by atoms with Gasteiger partial charge in [0.2, 0.25) is 15.9 Å². The number of hydrogen-bond donors (Lipinski definition) is 1. The Morgan fingerprint density at radius 3 is 2.37 bits per heavy atom. The zero-order chi connectivity index (χ0) is 21.2. The normalized spacial score (nSPS) is 29.6. The third-order valence-electron chi connectivity index (χ3n) is 6.55. The van der Waals surface area contributed by atoms with Gasteiger partial charge in [-0.2, -0.15) is 0 Å². The maximum Gasteiger partial charge on any atom is 0.226 e. The van der Waals surface area contributed by atoms with Crippen molar-refractivity contribution >= 4 is 15.9 Å². The molecule has 2 saturated carbocycles. The average Bonchev–Trinajstić information content (AvgIpc) is 3.55. The molecule has 1 heterocycles. The first-order chi connectivity index (χ1) is 14.2. The smallest absolute Gasteiger partial charge is 0.226 e. The molecule has 0 spiro atoms. The number of fused-ring (bicyclic) bond motifs is 1. The van der Waals surface area contributed by atoms with Crippen molar-refractivity contribution in [3.05, 3.63) is 59.7 Å². The van der Waals surface area contributed by atoms with Crippen LogP contribution in [0.3, 0.4) is 0 Å². The van der Waals surface area contributed by atoms with E-state index >= 15 is 0 Å². The largest absolute Gasteiger partial charge is 0.342 e. The summed E-state index contributed by atoms with van der Waals surface area (Å²) in [7, 11) is -3.25. The van der Waals surface area contributed by atoms with Gasteiger partial charge in [-0.05, 0) is 41.9 Å². The molecule has 1 saturated heterocycles. The summed E-state index contributed by atoms with van der Waals surface area (Å²) >= 11 is 0. The number of benzene rings is 2. The highest BCUT2D eigenvalue weighted by molar-refractivity contribution is 7.88. The second-order valence-corrected chi connectivity index (χ2v) is 10.4. The fraction of sp³-hybridized carbons (Fsp3) is 0.409. The van der Waals surface area contributed by atoms with Gasteiger partial charge in [0.05, 0.1) is 6.26 Å². The molecule has 1 aliphatic heterocycles. The van der Waals surface area contributed by atoms with Crippen LogP contribution in [-0.4, -0.2) is 44.6 Å². The van der Waals surface area contributed by atoms with E-state index in [1.165, 1.54) is 12.1 Å². The van der Waals surface area contributed by atoms with E-state index in [0.29, 0.717) is 25.1 Å². The number of carbonyl (C=O) groups is 1. The average molecular weight is 432 g/mol. The first-order valence-corrected chi connectivity index (χ1v) is 11.9. The molecule has 2 aromatic rings. The van der Waals surface area contributed by atoms with E-state index in [1.807, 2.05) is 0 Å². The highest BCUT2D eigenvalue weighted by Gasteiger charge is 2.59. The maximum atomic E-state index is 14.7. The Hall–Kier alpha value is -2.32. The molecule has 0 bridgehead atoms. The van der Waals surface area contributed by atoms with Crippen LogP contribution < -0.4 is 4.72 Å². The van der Waals surface area contributed by atoms with Crippen LogP contribution in [-0.2, 0) is 14.8 Å². The highest BCUT2D eigenvalue weighted by atomic mass is 32.2. The minimum Gasteiger partial charge on any atom is -0.342 e. The fourth-order valence-electron chi connectivity index (χ4n) is 4.97. The lowest BCUT2D eigenvalue weighted by molar-refractivity contribution is -0.132. The molecule has 5 nitrogen and oxygen atoms in total. The van der Waals surface area contributed by atoms with Crippen LogP contribution in [0.4, 0.5) is 8.78 Å². The van der Waals surface area contributed by atoms with Crippen LogP contribution >= 0.6 is 0 Å². The van der Waals surface area contributed by atoms with Gasteiger partial charge in [0, 0.05) is 36.2 Å². The standard InChI is InChI=1S/C22H22F2N2O3S/c1-30(28,29)25-21-16-10-26(11-17(16)21)22(27)15-9-14(15)12-6-4-8-19(24)20(12)13-5-2-3-7-18(13)23/h2-8,14-17,21,25H,9-11H2,1H3/t14-,15+,16-,17+,21?/m0/s1. The van der Waals surface area contributed by atoms with Crippen LogP contribution in [0.1, 0.15) is 17.9 Å². The maximum absolute atomic E-state index is 14.7. The molecule has 3 fully saturated rings. The number of likely N-dealkylation sites (tertiary alicyclic amines) is 1. The molecule has 2 aromatic carbocycles. The van der Waals surface area contributed by atoms with E-state index in [9.17, 15) is 22.0 Å². The van der Waals surface area contributed by atoms with Gasteiger partial charge in [0.1, 0.15) is 11.6 Å². The molecule has 2 aliphatic carbocycles. The van der Waals surface area contributed by atoms with Crippen molar-refractivity contribution in [3.8, 4) is 11.1 Å². The van der Waals surface area contributed by atoms with Crippen molar-refractivity contribution in [2.75, 3.05) is 19.3 Å². The van der Waals surface area contributed by atoms with Crippen LogP contribution in [0.15, 0.2) is 42.5 Å². The number of carbonyl (C=O) groups excluding carboxylic acids is 1. The molecule has 1 N–H and O–H groups in total. The minimum absolute atomic E-state index is 0.0223. The summed E-state index contributed by atoms with van der Waals surface area (Å²) in [6, 6.07) is 10.7. The highest BCUT2D eigenvalue weighted by Crippen LogP contribution is 2.54. The van der Waals surface area contributed by atoms with Crippen LogP contribution in [0.2, 0.25) is 0 Å². The van der Waals surface area contributed by atoms with E-state index in [0.717, 1.165) is 6.26 Å². The second-order valence-electron chi connectivity index (χ2n) is 8.62. The lowest BCUT2D eigenvalue weighted by Gasteiger charge is -2.20. The van der Waals surface area contributed by atoms with Crippen LogP contribution in [0.25, 0.3) is 11.1 Å². The van der Waals surface area contributed by atoms with Crippen molar-refractivity contribution < 1.29 is 22.0 Å². The molecule has 0 radical (unpaired) electrons. The molecule has 5 atom stereocenters. The topological polar surface area (TPSA) is 66.5 Å². The van der Waals surface area contributed by atoms with E-state index < -0.39 is 21.7 Å². The van der Waals surface area contributed by atoms with E-state index in [2.05, 4.69) is 4.72 Å².